The second kappa shape index (κ2) is 5.78. The number of fused-ring (bicyclic) bond motifs is 3. The number of amides is 1. The normalized spacial score (nSPS) is 30.0. The molecule has 3 atom stereocenters. The van der Waals surface area contributed by atoms with Gasteiger partial charge in [-0.1, -0.05) is 22.4 Å². The Morgan fingerprint density at radius 1 is 1.35 bits per heavy atom. The molecule has 1 saturated heterocycles. The number of rotatable bonds is 2. The fraction of sp³-hybridized carbons (Fsp3) is 0.611. The van der Waals surface area contributed by atoms with Gasteiger partial charge < -0.3 is 14.9 Å². The Morgan fingerprint density at radius 3 is 2.78 bits per heavy atom. The largest absolute Gasteiger partial charge is 0.394 e. The summed E-state index contributed by atoms with van der Waals surface area (Å²) in [6, 6.07) is 6.50. The minimum atomic E-state index is 0.0906. The van der Waals surface area contributed by atoms with E-state index in [-0.39, 0.29) is 24.6 Å². The molecule has 0 unspecified atom stereocenters. The quantitative estimate of drug-likeness (QED) is 0.860. The zero-order chi connectivity index (χ0) is 16.1. The number of hydrogen-bond acceptors (Lipinski definition) is 3. The molecule has 2 fully saturated rings. The van der Waals surface area contributed by atoms with Crippen LogP contribution < -0.4 is 4.90 Å². The third-order valence-electron chi connectivity index (χ3n) is 6.05. The highest BCUT2D eigenvalue weighted by Gasteiger charge is 2.48. The highest BCUT2D eigenvalue weighted by Crippen LogP contribution is 2.50. The van der Waals surface area contributed by atoms with Crippen LogP contribution in [0.1, 0.15) is 37.3 Å². The van der Waals surface area contributed by atoms with Gasteiger partial charge in [-0.3, -0.25) is 4.79 Å². The molecule has 1 saturated carbocycles. The van der Waals surface area contributed by atoms with Crippen LogP contribution in [0.5, 0.6) is 0 Å². The second-order valence-corrected chi connectivity index (χ2v) is 8.04. The van der Waals surface area contributed by atoms with E-state index in [2.05, 4.69) is 44.9 Å². The van der Waals surface area contributed by atoms with Gasteiger partial charge in [-0.2, -0.15) is 0 Å². The zero-order valence-corrected chi connectivity index (χ0v) is 15.0. The summed E-state index contributed by atoms with van der Waals surface area (Å²) in [7, 11) is 2.06. The van der Waals surface area contributed by atoms with Crippen molar-refractivity contribution in [1.82, 2.24) is 4.90 Å². The van der Waals surface area contributed by atoms with E-state index in [4.69, 9.17) is 0 Å². The summed E-state index contributed by atoms with van der Waals surface area (Å²) in [5.74, 6) is 0.878. The molecule has 3 aliphatic rings. The molecule has 124 valence electrons. The Labute approximate surface area is 145 Å². The molecule has 4 nitrogen and oxygen atoms in total. The maximum atomic E-state index is 12.9. The molecule has 4 rings (SSSR count). The third-order valence-corrected chi connectivity index (χ3v) is 6.54. The number of aliphatic hydroxyl groups is 1. The average Bonchev–Trinajstić information content (AvgIpc) is 2.90. The van der Waals surface area contributed by atoms with Crippen LogP contribution in [0.4, 0.5) is 5.69 Å². The first-order valence-electron chi connectivity index (χ1n) is 8.55. The maximum absolute atomic E-state index is 12.9. The van der Waals surface area contributed by atoms with Crippen molar-refractivity contribution in [3.8, 4) is 0 Å². The van der Waals surface area contributed by atoms with Crippen molar-refractivity contribution < 1.29 is 9.90 Å². The number of halogens is 1. The molecule has 2 aliphatic heterocycles. The predicted molar refractivity (Wildman–Crippen MR) is 93.3 cm³/mol. The summed E-state index contributed by atoms with van der Waals surface area (Å²) < 4.78 is 1.05. The van der Waals surface area contributed by atoms with Gasteiger partial charge >= 0.3 is 0 Å². The van der Waals surface area contributed by atoms with Crippen LogP contribution in [0.3, 0.4) is 0 Å². The van der Waals surface area contributed by atoms with Crippen molar-refractivity contribution in [2.75, 3.05) is 25.1 Å². The number of aliphatic hydroxyl groups excluding tert-OH is 1. The SMILES string of the molecule is CN1c2ccc(Br)cc2[C@@H]2[C@@H](CCN2C(=O)C2CCC2)[C@H]1CO. The molecular weight excluding hydrogens is 356 g/mol. The average molecular weight is 379 g/mol. The lowest BCUT2D eigenvalue weighted by molar-refractivity contribution is -0.139. The summed E-state index contributed by atoms with van der Waals surface area (Å²) in [5.41, 5.74) is 2.36. The van der Waals surface area contributed by atoms with Gasteiger partial charge in [-0.15, -0.1) is 0 Å². The molecular formula is C18H23BrN2O2. The van der Waals surface area contributed by atoms with Gasteiger partial charge in [0.05, 0.1) is 18.7 Å². The van der Waals surface area contributed by atoms with Gasteiger partial charge in [0.1, 0.15) is 0 Å². The van der Waals surface area contributed by atoms with Crippen LogP contribution in [0, 0.1) is 11.8 Å². The van der Waals surface area contributed by atoms with Crippen molar-refractivity contribution in [2.45, 2.75) is 37.8 Å². The molecule has 0 bridgehead atoms. The molecule has 23 heavy (non-hydrogen) atoms. The lowest BCUT2D eigenvalue weighted by atomic mass is 9.80. The minimum absolute atomic E-state index is 0.0906. The summed E-state index contributed by atoms with van der Waals surface area (Å²) >= 11 is 3.58. The smallest absolute Gasteiger partial charge is 0.226 e. The van der Waals surface area contributed by atoms with E-state index >= 15 is 0 Å². The van der Waals surface area contributed by atoms with E-state index in [1.807, 2.05) is 6.07 Å². The van der Waals surface area contributed by atoms with Crippen LogP contribution >= 0.6 is 15.9 Å². The molecule has 1 aromatic rings. The summed E-state index contributed by atoms with van der Waals surface area (Å²) in [4.78, 5) is 17.2. The van der Waals surface area contributed by atoms with E-state index in [0.717, 1.165) is 36.0 Å². The number of likely N-dealkylation sites (tertiary alicyclic amines) is 1. The summed E-state index contributed by atoms with van der Waals surface area (Å²) in [5, 5.41) is 9.93. The highest BCUT2D eigenvalue weighted by molar-refractivity contribution is 9.10. The van der Waals surface area contributed by atoms with Crippen LogP contribution in [-0.2, 0) is 4.79 Å². The van der Waals surface area contributed by atoms with Gasteiger partial charge in [-0.25, -0.2) is 0 Å². The molecule has 1 amide bonds. The maximum Gasteiger partial charge on any atom is 0.226 e. The standard InChI is InChI=1S/C18H23BrN2O2/c1-20-15-6-5-12(19)9-14(15)17-13(16(20)10-22)7-8-21(17)18(23)11-3-2-4-11/h5-6,9,11,13,16-17,22H,2-4,7-8,10H2,1H3/t13-,16+,17-/m0/s1. The monoisotopic (exact) mass is 378 g/mol. The van der Waals surface area contributed by atoms with Gasteiger partial charge in [0.15, 0.2) is 0 Å². The molecule has 0 spiro atoms. The molecule has 5 heteroatoms. The fourth-order valence-electron chi connectivity index (χ4n) is 4.56. The summed E-state index contributed by atoms with van der Waals surface area (Å²) in [6.07, 6.45) is 4.25. The first-order valence-corrected chi connectivity index (χ1v) is 9.34. The van der Waals surface area contributed by atoms with E-state index in [1.54, 1.807) is 0 Å². The number of anilines is 1. The first kappa shape index (κ1) is 15.5. The zero-order valence-electron chi connectivity index (χ0n) is 13.4. The van der Waals surface area contributed by atoms with E-state index in [0.29, 0.717) is 11.8 Å². The lowest BCUT2D eigenvalue weighted by Crippen LogP contribution is -2.49. The van der Waals surface area contributed by atoms with Gasteiger partial charge in [0.2, 0.25) is 5.91 Å². The van der Waals surface area contributed by atoms with Gasteiger partial charge in [-0.05, 0) is 43.0 Å². The molecule has 0 aromatic heterocycles. The Hall–Kier alpha value is -1.07. The predicted octanol–water partition coefficient (Wildman–Crippen LogP) is 2.95. The van der Waals surface area contributed by atoms with Crippen molar-refractivity contribution >= 4 is 27.5 Å². The fourth-order valence-corrected chi connectivity index (χ4v) is 4.94. The van der Waals surface area contributed by atoms with Gasteiger partial charge in [0, 0.05) is 35.6 Å². The minimum Gasteiger partial charge on any atom is -0.394 e. The Balaban J connectivity index is 1.76. The van der Waals surface area contributed by atoms with Crippen LogP contribution in [0.2, 0.25) is 0 Å². The third kappa shape index (κ3) is 2.31. The molecule has 2 heterocycles. The molecule has 0 radical (unpaired) electrons. The number of hydrogen-bond donors (Lipinski definition) is 1. The highest BCUT2D eigenvalue weighted by atomic mass is 79.9. The number of nitrogens with zero attached hydrogens (tertiary/aromatic N) is 2. The van der Waals surface area contributed by atoms with Gasteiger partial charge in [0.25, 0.3) is 0 Å². The van der Waals surface area contributed by atoms with Crippen molar-refractivity contribution in [3.63, 3.8) is 0 Å². The topological polar surface area (TPSA) is 43.8 Å². The molecule has 1 N–H and O–H groups in total. The summed E-state index contributed by atoms with van der Waals surface area (Å²) in [6.45, 7) is 0.958. The van der Waals surface area contributed by atoms with E-state index in [1.165, 1.54) is 12.0 Å². The number of likely N-dealkylation sites (N-methyl/N-ethyl adjacent to an activating group) is 1. The van der Waals surface area contributed by atoms with E-state index < -0.39 is 0 Å². The van der Waals surface area contributed by atoms with Crippen molar-refractivity contribution in [2.24, 2.45) is 11.8 Å². The number of carbonyl (C=O) groups is 1. The first-order chi connectivity index (χ1) is 11.1. The Kier molecular flexibility index (Phi) is 3.88. The van der Waals surface area contributed by atoms with Crippen LogP contribution in [0.15, 0.2) is 22.7 Å². The van der Waals surface area contributed by atoms with Crippen LogP contribution in [0.25, 0.3) is 0 Å². The Morgan fingerprint density at radius 2 is 2.13 bits per heavy atom. The van der Waals surface area contributed by atoms with Crippen molar-refractivity contribution in [1.29, 1.82) is 0 Å². The lowest BCUT2D eigenvalue weighted by Gasteiger charge is -2.45. The van der Waals surface area contributed by atoms with Crippen molar-refractivity contribution in [3.05, 3.63) is 28.2 Å². The number of carbonyl (C=O) groups excluding carboxylic acids is 1. The second-order valence-electron chi connectivity index (χ2n) is 7.12. The number of benzene rings is 1. The molecule has 1 aromatic carbocycles. The van der Waals surface area contributed by atoms with E-state index in [9.17, 15) is 9.90 Å². The molecule has 1 aliphatic carbocycles. The Bertz CT molecular complexity index is 631. The van der Waals surface area contributed by atoms with Crippen LogP contribution in [-0.4, -0.2) is 42.2 Å².